The summed E-state index contributed by atoms with van der Waals surface area (Å²) >= 11 is 9.46. The van der Waals surface area contributed by atoms with Crippen molar-refractivity contribution in [2.45, 2.75) is 13.0 Å². The van der Waals surface area contributed by atoms with E-state index in [2.05, 4.69) is 21.2 Å². The van der Waals surface area contributed by atoms with Crippen LogP contribution in [-0.4, -0.2) is 7.05 Å². The van der Waals surface area contributed by atoms with E-state index in [9.17, 15) is 4.39 Å². The molecule has 0 saturated carbocycles. The number of ether oxygens (including phenoxy) is 1. The number of halogens is 3. The Bertz CT molecular complexity index is 621. The Morgan fingerprint density at radius 3 is 2.70 bits per heavy atom. The van der Waals surface area contributed by atoms with Gasteiger partial charge in [0.2, 0.25) is 0 Å². The zero-order chi connectivity index (χ0) is 14.7. The molecule has 2 aromatic carbocycles. The van der Waals surface area contributed by atoms with Gasteiger partial charge in [-0.25, -0.2) is 4.39 Å². The summed E-state index contributed by atoms with van der Waals surface area (Å²) in [5, 5.41) is 3.48. The number of nitrogens with one attached hydrogen (secondary N) is 1. The second-order valence-electron chi connectivity index (χ2n) is 4.34. The highest BCUT2D eigenvalue weighted by Gasteiger charge is 2.16. The van der Waals surface area contributed by atoms with Crippen LogP contribution >= 0.6 is 27.5 Å². The minimum Gasteiger partial charge on any atom is -0.455 e. The van der Waals surface area contributed by atoms with Crippen LogP contribution in [-0.2, 0) is 0 Å². The zero-order valence-electron chi connectivity index (χ0n) is 11.1. The van der Waals surface area contributed by atoms with Crippen molar-refractivity contribution in [2.24, 2.45) is 0 Å². The lowest BCUT2D eigenvalue weighted by atomic mass is 10.1. The molecule has 1 N–H and O–H groups in total. The summed E-state index contributed by atoms with van der Waals surface area (Å²) in [6, 6.07) is 9.88. The van der Waals surface area contributed by atoms with Crippen molar-refractivity contribution >= 4 is 27.5 Å². The number of hydrogen-bond acceptors (Lipinski definition) is 2. The van der Waals surface area contributed by atoms with E-state index < -0.39 is 0 Å². The highest BCUT2D eigenvalue weighted by atomic mass is 79.9. The van der Waals surface area contributed by atoms with Gasteiger partial charge in [-0.2, -0.15) is 0 Å². The number of benzene rings is 2. The lowest BCUT2D eigenvalue weighted by Gasteiger charge is -2.17. The molecule has 0 radical (unpaired) electrons. The van der Waals surface area contributed by atoms with E-state index in [1.807, 2.05) is 13.0 Å². The van der Waals surface area contributed by atoms with Gasteiger partial charge in [0, 0.05) is 16.1 Å². The molecule has 0 aliphatic rings. The predicted molar refractivity (Wildman–Crippen MR) is 83.1 cm³/mol. The van der Waals surface area contributed by atoms with Gasteiger partial charge in [0.05, 0.1) is 5.02 Å². The van der Waals surface area contributed by atoms with Crippen molar-refractivity contribution in [1.82, 2.24) is 5.32 Å². The van der Waals surface area contributed by atoms with E-state index in [0.29, 0.717) is 22.1 Å². The molecule has 5 heteroatoms. The molecule has 0 spiro atoms. The van der Waals surface area contributed by atoms with Gasteiger partial charge >= 0.3 is 0 Å². The van der Waals surface area contributed by atoms with Crippen LogP contribution in [0.2, 0.25) is 5.02 Å². The molecule has 2 rings (SSSR count). The van der Waals surface area contributed by atoms with Crippen LogP contribution in [0.3, 0.4) is 0 Å². The van der Waals surface area contributed by atoms with Gasteiger partial charge < -0.3 is 10.1 Å². The minimum atomic E-state index is -0.310. The van der Waals surface area contributed by atoms with Gasteiger partial charge in [-0.3, -0.25) is 0 Å². The fourth-order valence-corrected chi connectivity index (χ4v) is 2.34. The van der Waals surface area contributed by atoms with Crippen molar-refractivity contribution in [3.8, 4) is 11.5 Å². The summed E-state index contributed by atoms with van der Waals surface area (Å²) in [5.41, 5.74) is 0.478. The first-order valence-electron chi connectivity index (χ1n) is 6.11. The average Bonchev–Trinajstić information content (AvgIpc) is 2.42. The van der Waals surface area contributed by atoms with Gasteiger partial charge in [0.15, 0.2) is 0 Å². The lowest BCUT2D eigenvalue weighted by molar-refractivity contribution is 0.452. The molecular formula is C15H14BrClFNO. The van der Waals surface area contributed by atoms with Gasteiger partial charge in [0.1, 0.15) is 17.3 Å². The normalized spacial score (nSPS) is 12.2. The highest BCUT2D eigenvalue weighted by molar-refractivity contribution is 9.10. The first-order chi connectivity index (χ1) is 9.52. The third-order valence-electron chi connectivity index (χ3n) is 2.99. The van der Waals surface area contributed by atoms with Crippen LogP contribution in [0.15, 0.2) is 40.9 Å². The van der Waals surface area contributed by atoms with Gasteiger partial charge in [-0.05, 0) is 44.3 Å². The Labute approximate surface area is 131 Å². The van der Waals surface area contributed by atoms with E-state index in [1.165, 1.54) is 6.07 Å². The molecule has 1 unspecified atom stereocenters. The third-order valence-corrected chi connectivity index (χ3v) is 3.80. The van der Waals surface area contributed by atoms with Crippen LogP contribution in [0, 0.1) is 5.82 Å². The molecule has 0 bridgehead atoms. The van der Waals surface area contributed by atoms with Gasteiger partial charge in [0.25, 0.3) is 0 Å². The molecule has 20 heavy (non-hydrogen) atoms. The van der Waals surface area contributed by atoms with E-state index in [-0.39, 0.29) is 11.9 Å². The molecule has 0 aromatic heterocycles. The zero-order valence-corrected chi connectivity index (χ0v) is 13.4. The Morgan fingerprint density at radius 2 is 2.00 bits per heavy atom. The van der Waals surface area contributed by atoms with E-state index >= 15 is 0 Å². The first kappa shape index (κ1) is 15.3. The first-order valence-corrected chi connectivity index (χ1v) is 7.28. The highest BCUT2D eigenvalue weighted by Crippen LogP contribution is 2.36. The average molecular weight is 359 g/mol. The SMILES string of the molecule is CNC(C)c1c(F)cccc1Oc1cc(Br)ccc1Cl. The van der Waals surface area contributed by atoms with Crippen LogP contribution in [0.1, 0.15) is 18.5 Å². The molecule has 2 aromatic rings. The summed E-state index contributed by atoms with van der Waals surface area (Å²) in [6.45, 7) is 1.87. The number of rotatable bonds is 4. The molecule has 1 atom stereocenters. The molecule has 106 valence electrons. The standard InChI is InChI=1S/C15H14BrClFNO/c1-9(19-2)15-12(18)4-3-5-13(15)20-14-8-10(16)6-7-11(14)17/h3-9,19H,1-2H3. The topological polar surface area (TPSA) is 21.3 Å². The molecule has 0 aliphatic carbocycles. The summed E-state index contributed by atoms with van der Waals surface area (Å²) in [6.07, 6.45) is 0. The van der Waals surface area contributed by atoms with Crippen LogP contribution < -0.4 is 10.1 Å². The maximum absolute atomic E-state index is 14.0. The maximum Gasteiger partial charge on any atom is 0.147 e. The van der Waals surface area contributed by atoms with E-state index in [1.54, 1.807) is 31.3 Å². The van der Waals surface area contributed by atoms with Crippen molar-refractivity contribution in [1.29, 1.82) is 0 Å². The summed E-state index contributed by atoms with van der Waals surface area (Å²) in [5.74, 6) is 0.624. The van der Waals surface area contributed by atoms with Crippen LogP contribution in [0.25, 0.3) is 0 Å². The Morgan fingerprint density at radius 1 is 1.25 bits per heavy atom. The quantitative estimate of drug-likeness (QED) is 0.799. The molecular weight excluding hydrogens is 345 g/mol. The summed E-state index contributed by atoms with van der Waals surface area (Å²) in [7, 11) is 1.77. The summed E-state index contributed by atoms with van der Waals surface area (Å²) in [4.78, 5) is 0. The minimum absolute atomic E-state index is 0.169. The van der Waals surface area contributed by atoms with Gasteiger partial charge in [-0.1, -0.05) is 33.6 Å². The second kappa shape index (κ2) is 6.57. The molecule has 0 fully saturated rings. The molecule has 0 amide bonds. The van der Waals surface area contributed by atoms with Crippen molar-refractivity contribution in [2.75, 3.05) is 7.05 Å². The van der Waals surface area contributed by atoms with Crippen molar-refractivity contribution < 1.29 is 9.13 Å². The Kier molecular flexibility index (Phi) is 5.02. The van der Waals surface area contributed by atoms with Gasteiger partial charge in [-0.15, -0.1) is 0 Å². The second-order valence-corrected chi connectivity index (χ2v) is 5.66. The van der Waals surface area contributed by atoms with E-state index in [0.717, 1.165) is 4.47 Å². The maximum atomic E-state index is 14.0. The fourth-order valence-electron chi connectivity index (χ4n) is 1.84. The number of hydrogen-bond donors (Lipinski definition) is 1. The Balaban J connectivity index is 2.43. The molecule has 0 saturated heterocycles. The third kappa shape index (κ3) is 3.32. The molecule has 0 heterocycles. The largest absolute Gasteiger partial charge is 0.455 e. The van der Waals surface area contributed by atoms with Crippen molar-refractivity contribution in [3.05, 3.63) is 57.3 Å². The van der Waals surface area contributed by atoms with Crippen LogP contribution in [0.5, 0.6) is 11.5 Å². The van der Waals surface area contributed by atoms with Crippen molar-refractivity contribution in [3.63, 3.8) is 0 Å². The fraction of sp³-hybridized carbons (Fsp3) is 0.200. The smallest absolute Gasteiger partial charge is 0.147 e. The van der Waals surface area contributed by atoms with E-state index in [4.69, 9.17) is 16.3 Å². The monoisotopic (exact) mass is 357 g/mol. The predicted octanol–water partition coefficient (Wildman–Crippen LogP) is 5.31. The molecule has 2 nitrogen and oxygen atoms in total. The van der Waals surface area contributed by atoms with Crippen LogP contribution in [0.4, 0.5) is 4.39 Å². The molecule has 0 aliphatic heterocycles. The summed E-state index contributed by atoms with van der Waals surface area (Å²) < 4.78 is 20.6. The lowest BCUT2D eigenvalue weighted by Crippen LogP contribution is -2.15. The Hall–Kier alpha value is -1.10.